The van der Waals surface area contributed by atoms with Gasteiger partial charge in [-0.05, 0) is 81.2 Å². The Balaban J connectivity index is 1.37. The number of aromatic hydroxyl groups is 1. The number of para-hydroxylation sites is 1. The fourth-order valence-corrected chi connectivity index (χ4v) is 7.90. The number of likely N-dealkylation sites (tertiary alicyclic amines) is 2. The van der Waals surface area contributed by atoms with Crippen LogP contribution in [0.4, 0.5) is 0 Å². The van der Waals surface area contributed by atoms with Gasteiger partial charge >= 0.3 is 5.97 Å². The molecular formula is C43H58N8O10. The van der Waals surface area contributed by atoms with Gasteiger partial charge < -0.3 is 57.1 Å². The Morgan fingerprint density at radius 1 is 0.754 bits per heavy atom. The number of nitrogens with two attached hydrogens (primary N) is 1. The Kier molecular flexibility index (Phi) is 15.5. The van der Waals surface area contributed by atoms with Crippen LogP contribution in [-0.4, -0.2) is 133 Å². The number of aliphatic carboxylic acids is 1. The van der Waals surface area contributed by atoms with Gasteiger partial charge in [0.05, 0.1) is 6.10 Å². The van der Waals surface area contributed by atoms with Gasteiger partial charge in [-0.25, -0.2) is 0 Å². The van der Waals surface area contributed by atoms with Crippen LogP contribution in [0.5, 0.6) is 5.75 Å². The highest BCUT2D eigenvalue weighted by atomic mass is 16.4. The minimum atomic E-state index is -1.34. The number of amides is 6. The van der Waals surface area contributed by atoms with E-state index in [-0.39, 0.29) is 50.4 Å². The van der Waals surface area contributed by atoms with Crippen molar-refractivity contribution >= 4 is 52.3 Å². The third kappa shape index (κ3) is 11.6. The highest BCUT2D eigenvalue weighted by Gasteiger charge is 2.42. The first-order valence-electron chi connectivity index (χ1n) is 20.8. The maximum atomic E-state index is 14.5. The number of carboxylic acid groups (broad SMARTS) is 1. The predicted molar refractivity (Wildman–Crippen MR) is 223 cm³/mol. The zero-order valence-corrected chi connectivity index (χ0v) is 34.9. The topological polar surface area (TPSA) is 277 Å². The Labute approximate surface area is 354 Å². The number of benzene rings is 2. The van der Waals surface area contributed by atoms with E-state index in [1.807, 2.05) is 38.1 Å². The number of aliphatic hydroxyl groups is 1. The van der Waals surface area contributed by atoms with Crippen LogP contribution in [0.3, 0.4) is 0 Å². The monoisotopic (exact) mass is 846 g/mol. The lowest BCUT2D eigenvalue weighted by Crippen LogP contribution is -2.60. The Morgan fingerprint density at radius 3 is 1.92 bits per heavy atom. The van der Waals surface area contributed by atoms with Crippen molar-refractivity contribution in [3.05, 3.63) is 65.9 Å². The van der Waals surface area contributed by atoms with E-state index in [2.05, 4.69) is 26.3 Å². The van der Waals surface area contributed by atoms with E-state index in [4.69, 9.17) is 5.73 Å². The third-order valence-corrected chi connectivity index (χ3v) is 11.3. The smallest absolute Gasteiger partial charge is 0.325 e. The molecule has 8 atom stereocenters. The van der Waals surface area contributed by atoms with Gasteiger partial charge in [-0.3, -0.25) is 33.6 Å². The molecule has 0 bridgehead atoms. The summed E-state index contributed by atoms with van der Waals surface area (Å²) >= 11 is 0. The van der Waals surface area contributed by atoms with Crippen LogP contribution in [0.2, 0.25) is 0 Å². The van der Waals surface area contributed by atoms with Crippen LogP contribution >= 0.6 is 0 Å². The number of carbonyl (C=O) groups excluding carboxylic acids is 6. The first-order chi connectivity index (χ1) is 28.9. The van der Waals surface area contributed by atoms with E-state index >= 15 is 0 Å². The van der Waals surface area contributed by atoms with Gasteiger partial charge in [0.15, 0.2) is 0 Å². The summed E-state index contributed by atoms with van der Waals surface area (Å²) in [5.41, 5.74) is 8.01. The molecule has 61 heavy (non-hydrogen) atoms. The Bertz CT molecular complexity index is 2070. The maximum absolute atomic E-state index is 14.5. The molecule has 2 aliphatic rings. The number of rotatable bonds is 18. The number of nitrogens with zero attached hydrogens (tertiary/aromatic N) is 2. The van der Waals surface area contributed by atoms with Crippen LogP contribution in [0.1, 0.15) is 70.9 Å². The normalized spacial score (nSPS) is 19.4. The van der Waals surface area contributed by atoms with E-state index in [1.165, 1.54) is 35.8 Å². The molecule has 18 nitrogen and oxygen atoms in total. The SMILES string of the molecule is CC(C)C[C@H](NC(=O)[C@H](Cc1ccc(O)cc1)NC(=O)[C@@H](N)[C@@H](C)O)C(=O)N1CCC[C@H]1C(=O)N[C@@H](Cc1c[nH]c2ccccc12)C(=O)N1CCC[C@H]1C(=O)N[C@@H](C)C(=O)O. The van der Waals surface area contributed by atoms with Gasteiger partial charge in [0.2, 0.25) is 35.4 Å². The Morgan fingerprint density at radius 2 is 1.33 bits per heavy atom. The quantitative estimate of drug-likeness (QED) is 0.0848. The molecule has 2 saturated heterocycles. The van der Waals surface area contributed by atoms with Crippen molar-refractivity contribution in [3.8, 4) is 5.75 Å². The average Bonchev–Trinajstić information content (AvgIpc) is 4.00. The molecule has 5 rings (SSSR count). The zero-order chi connectivity index (χ0) is 44.5. The number of phenols is 1. The maximum Gasteiger partial charge on any atom is 0.325 e. The summed E-state index contributed by atoms with van der Waals surface area (Å²) in [6.07, 6.45) is 2.25. The number of aliphatic hydroxyl groups excluding tert-OH is 1. The van der Waals surface area contributed by atoms with E-state index in [1.54, 1.807) is 18.3 Å². The predicted octanol–water partition coefficient (Wildman–Crippen LogP) is 0.439. The van der Waals surface area contributed by atoms with Crippen molar-refractivity contribution in [1.29, 1.82) is 0 Å². The second-order valence-corrected chi connectivity index (χ2v) is 16.5. The molecule has 2 fully saturated rings. The summed E-state index contributed by atoms with van der Waals surface area (Å²) in [6.45, 7) is 6.81. The molecule has 3 aromatic rings. The molecule has 330 valence electrons. The van der Waals surface area contributed by atoms with Gasteiger partial charge in [0.25, 0.3) is 0 Å². The largest absolute Gasteiger partial charge is 0.508 e. The number of H-pyrrole nitrogens is 1. The molecule has 2 aromatic carbocycles. The number of carboxylic acids is 1. The highest BCUT2D eigenvalue weighted by molar-refractivity contribution is 5.98. The highest BCUT2D eigenvalue weighted by Crippen LogP contribution is 2.25. The number of fused-ring (bicyclic) bond motifs is 1. The molecule has 10 N–H and O–H groups in total. The van der Waals surface area contributed by atoms with Crippen LogP contribution in [0.25, 0.3) is 10.9 Å². The van der Waals surface area contributed by atoms with Crippen molar-refractivity contribution in [1.82, 2.24) is 36.1 Å². The summed E-state index contributed by atoms with van der Waals surface area (Å²) in [4.78, 5) is 101. The van der Waals surface area contributed by atoms with Crippen LogP contribution in [0, 0.1) is 5.92 Å². The first kappa shape index (κ1) is 46.1. The van der Waals surface area contributed by atoms with Crippen molar-refractivity contribution in [2.75, 3.05) is 13.1 Å². The zero-order valence-electron chi connectivity index (χ0n) is 34.9. The van der Waals surface area contributed by atoms with E-state index in [0.29, 0.717) is 24.8 Å². The Hall–Kier alpha value is -6.01. The fraction of sp³-hybridized carbons (Fsp3) is 0.512. The standard InChI is InChI=1S/C43H58N8O10/c1-23(2)19-32(48-37(54)31(47-40(57)36(44)25(4)52)20-26-13-15-28(53)16-14-26)41(58)51-18-8-12-35(51)39(56)49-33(21-27-22-45-30-10-6-5-9-29(27)30)42(59)50-17-7-11-34(50)38(55)46-24(3)43(60)61/h5-6,9-10,13-16,22-25,31-36,45,52-53H,7-8,11-12,17-21,44H2,1-4H3,(H,46,55)(H,47,57)(H,48,54)(H,49,56)(H,60,61)/t24-,25+,31-,32-,33-,34-,35-,36-/m0/s1. The van der Waals surface area contributed by atoms with Gasteiger partial charge in [-0.1, -0.05) is 44.2 Å². The summed E-state index contributed by atoms with van der Waals surface area (Å²) in [7, 11) is 0. The summed E-state index contributed by atoms with van der Waals surface area (Å²) in [6, 6.07) is 5.48. The van der Waals surface area contributed by atoms with Crippen LogP contribution in [-0.2, 0) is 46.4 Å². The van der Waals surface area contributed by atoms with Crippen molar-refractivity contribution in [2.24, 2.45) is 11.7 Å². The van der Waals surface area contributed by atoms with Crippen molar-refractivity contribution < 1.29 is 48.9 Å². The minimum Gasteiger partial charge on any atom is -0.508 e. The third-order valence-electron chi connectivity index (χ3n) is 11.3. The second kappa shape index (κ2) is 20.5. The van der Waals surface area contributed by atoms with Crippen LogP contribution in [0.15, 0.2) is 54.7 Å². The average molecular weight is 847 g/mol. The molecule has 0 radical (unpaired) electrons. The second-order valence-electron chi connectivity index (χ2n) is 16.5. The van der Waals surface area contributed by atoms with Crippen LogP contribution < -0.4 is 27.0 Å². The number of phenolic OH excluding ortho intramolecular Hbond substituents is 1. The number of aromatic nitrogens is 1. The lowest BCUT2D eigenvalue weighted by Gasteiger charge is -2.32. The number of aromatic amines is 1. The fourth-order valence-electron chi connectivity index (χ4n) is 7.90. The lowest BCUT2D eigenvalue weighted by atomic mass is 9.99. The van der Waals surface area contributed by atoms with Gasteiger partial charge in [-0.2, -0.15) is 0 Å². The van der Waals surface area contributed by atoms with Gasteiger partial charge in [0, 0.05) is 43.0 Å². The molecule has 2 aliphatic heterocycles. The van der Waals surface area contributed by atoms with Crippen molar-refractivity contribution in [3.63, 3.8) is 0 Å². The summed E-state index contributed by atoms with van der Waals surface area (Å²) < 4.78 is 0. The molecule has 0 aliphatic carbocycles. The lowest BCUT2D eigenvalue weighted by molar-refractivity contribution is -0.145. The molecule has 0 spiro atoms. The number of nitrogens with one attached hydrogen (secondary N) is 5. The number of hydrogen-bond acceptors (Lipinski definition) is 10. The number of hydrogen-bond donors (Lipinski definition) is 9. The molecule has 3 heterocycles. The van der Waals surface area contributed by atoms with Gasteiger partial charge in [-0.15, -0.1) is 0 Å². The minimum absolute atomic E-state index is 0.000604. The van der Waals surface area contributed by atoms with Gasteiger partial charge in [0.1, 0.15) is 48.0 Å². The molecule has 1 aromatic heterocycles. The molecule has 6 amide bonds. The van der Waals surface area contributed by atoms with Crippen molar-refractivity contribution in [2.45, 2.75) is 121 Å². The molecular weight excluding hydrogens is 789 g/mol. The van der Waals surface area contributed by atoms with E-state index < -0.39 is 89.8 Å². The van der Waals surface area contributed by atoms with E-state index in [0.717, 1.165) is 16.5 Å². The summed E-state index contributed by atoms with van der Waals surface area (Å²) in [5.74, 6) is -5.08. The molecule has 0 saturated carbocycles. The summed E-state index contributed by atoms with van der Waals surface area (Å²) in [5, 5.41) is 40.7. The molecule has 18 heteroatoms. The number of carbonyl (C=O) groups is 7. The van der Waals surface area contributed by atoms with E-state index in [9.17, 15) is 48.9 Å². The molecule has 0 unspecified atom stereocenters. The first-order valence-corrected chi connectivity index (χ1v) is 20.8.